The second-order valence-corrected chi connectivity index (χ2v) is 17.8. The summed E-state index contributed by atoms with van der Waals surface area (Å²) in [6.07, 6.45) is 4.75. The fourth-order valence-corrected chi connectivity index (χ4v) is 9.09. The van der Waals surface area contributed by atoms with Crippen LogP contribution in [-0.4, -0.2) is 133 Å². The van der Waals surface area contributed by atoms with E-state index in [4.69, 9.17) is 44.4 Å². The minimum absolute atomic E-state index is 0.00620. The molecule has 21 heteroatoms. The standard InChI is InChI=1S/C45H62B2N7O11P/c1-48-41(57)29-53(43(59)27-46)24-23-50-39(55)19-7-5-6-17-34-44-32-15-9-8-14-31(32)28-54(35-18-11-10-16-33(35)45(44)52-51-34)42(58)21-20-40(56)49-22-12-3-4-13-25-63-66(60,61)65-36-26-38(47)64-37(36)30-62-2/h8-11,14-16,18,34,36-38H,3-7,12-13,17,19-30H2,1-2H3,(H,48,57)(H,49,56)(H,50,55)(H,60,61)/t34?,36-,37-,38-/m1/s1. The van der Waals surface area contributed by atoms with Crippen LogP contribution in [0.5, 0.6) is 0 Å². The number of amides is 5. The monoisotopic (exact) mass is 929 g/mol. The van der Waals surface area contributed by atoms with Gasteiger partial charge in [0, 0.05) is 70.2 Å². The van der Waals surface area contributed by atoms with Crippen molar-refractivity contribution in [1.29, 1.82) is 0 Å². The van der Waals surface area contributed by atoms with Crippen molar-refractivity contribution in [2.24, 2.45) is 10.2 Å². The summed E-state index contributed by atoms with van der Waals surface area (Å²) in [6, 6.07) is 14.7. The van der Waals surface area contributed by atoms with Gasteiger partial charge in [-0.25, -0.2) is 4.57 Å². The van der Waals surface area contributed by atoms with E-state index in [1.807, 2.05) is 48.5 Å². The molecule has 2 aromatic rings. The van der Waals surface area contributed by atoms with E-state index < -0.39 is 26.0 Å². The zero-order valence-corrected chi connectivity index (χ0v) is 38.9. The summed E-state index contributed by atoms with van der Waals surface area (Å²) in [4.78, 5) is 76.4. The molecule has 5 atom stereocenters. The molecule has 3 heterocycles. The lowest BCUT2D eigenvalue weighted by Gasteiger charge is -2.29. The zero-order valence-electron chi connectivity index (χ0n) is 38.0. The number of phosphoric ester groups is 1. The predicted molar refractivity (Wildman–Crippen MR) is 249 cm³/mol. The molecule has 0 aliphatic carbocycles. The van der Waals surface area contributed by atoms with E-state index in [1.165, 1.54) is 19.1 Å². The molecule has 5 amide bonds. The van der Waals surface area contributed by atoms with Crippen molar-refractivity contribution in [1.82, 2.24) is 20.9 Å². The number of carbonyl (C=O) groups excluding carboxylic acids is 5. The number of benzene rings is 2. The third-order valence-electron chi connectivity index (χ3n) is 11.5. The second-order valence-electron chi connectivity index (χ2n) is 16.4. The van der Waals surface area contributed by atoms with Crippen LogP contribution in [-0.2, 0) is 53.6 Å². The fraction of sp³-hybridized carbons (Fsp3) is 0.578. The molecule has 5 rings (SSSR count). The summed E-state index contributed by atoms with van der Waals surface area (Å²) >= 11 is 0. The van der Waals surface area contributed by atoms with Gasteiger partial charge in [-0.1, -0.05) is 68.1 Å². The Labute approximate surface area is 389 Å². The van der Waals surface area contributed by atoms with Crippen LogP contribution in [0.4, 0.5) is 5.69 Å². The predicted octanol–water partition coefficient (Wildman–Crippen LogP) is 4.35. The van der Waals surface area contributed by atoms with Gasteiger partial charge in [0.05, 0.1) is 52.0 Å². The first-order valence-electron chi connectivity index (χ1n) is 22.7. The molecule has 66 heavy (non-hydrogen) atoms. The van der Waals surface area contributed by atoms with Gasteiger partial charge in [-0.2, -0.15) is 10.2 Å². The van der Waals surface area contributed by atoms with Gasteiger partial charge in [-0.05, 0) is 55.6 Å². The lowest BCUT2D eigenvalue weighted by molar-refractivity contribution is -0.134. The average molecular weight is 930 g/mol. The summed E-state index contributed by atoms with van der Waals surface area (Å²) in [7, 11) is 9.93. The van der Waals surface area contributed by atoms with Crippen molar-refractivity contribution < 1.29 is 52.0 Å². The zero-order chi connectivity index (χ0) is 47.5. The molecule has 1 saturated heterocycles. The number of azo groups is 1. The Hall–Kier alpha value is -4.71. The van der Waals surface area contributed by atoms with Crippen LogP contribution in [0.3, 0.4) is 0 Å². The summed E-state index contributed by atoms with van der Waals surface area (Å²) in [5.74, 6) is -1.25. The second kappa shape index (κ2) is 26.6. The molecule has 4 N–H and O–H groups in total. The Balaban J connectivity index is 1.05. The molecule has 0 aromatic heterocycles. The van der Waals surface area contributed by atoms with Crippen molar-refractivity contribution in [2.75, 3.05) is 58.5 Å². The molecule has 2 aromatic carbocycles. The van der Waals surface area contributed by atoms with Gasteiger partial charge in [-0.15, -0.1) is 0 Å². The number of nitrogens with zero attached hydrogens (tertiary/aromatic N) is 4. The van der Waals surface area contributed by atoms with Crippen LogP contribution in [0.1, 0.15) is 93.7 Å². The summed E-state index contributed by atoms with van der Waals surface area (Å²) < 4.78 is 33.4. The number of methoxy groups -OCH3 is 1. The van der Waals surface area contributed by atoms with E-state index in [9.17, 15) is 33.4 Å². The quantitative estimate of drug-likeness (QED) is 0.0560. The van der Waals surface area contributed by atoms with Gasteiger partial charge in [0.2, 0.25) is 29.5 Å². The first-order chi connectivity index (χ1) is 31.8. The molecule has 18 nitrogen and oxygen atoms in total. The highest BCUT2D eigenvalue weighted by Gasteiger charge is 2.39. The van der Waals surface area contributed by atoms with Crippen LogP contribution in [0.25, 0.3) is 11.3 Å². The van der Waals surface area contributed by atoms with Gasteiger partial charge in [-0.3, -0.25) is 33.0 Å². The van der Waals surface area contributed by atoms with E-state index in [0.29, 0.717) is 63.0 Å². The summed E-state index contributed by atoms with van der Waals surface area (Å²) in [6.45, 7) is 1.20. The first kappa shape index (κ1) is 52.3. The molecule has 3 aliphatic heterocycles. The highest BCUT2D eigenvalue weighted by Crippen LogP contribution is 2.48. The first-order valence-corrected chi connectivity index (χ1v) is 24.2. The van der Waals surface area contributed by atoms with Crippen LogP contribution in [0, 0.1) is 0 Å². The van der Waals surface area contributed by atoms with Gasteiger partial charge in [0.25, 0.3) is 0 Å². The molecule has 0 spiro atoms. The third kappa shape index (κ3) is 15.7. The number of hydrogen-bond acceptors (Lipinski definition) is 12. The number of ether oxygens (including phenoxy) is 2. The maximum absolute atomic E-state index is 14.0. The highest BCUT2D eigenvalue weighted by atomic mass is 31.2. The van der Waals surface area contributed by atoms with E-state index in [-0.39, 0.29) is 94.0 Å². The van der Waals surface area contributed by atoms with E-state index in [2.05, 4.69) is 16.0 Å². The minimum atomic E-state index is -4.31. The van der Waals surface area contributed by atoms with Crippen molar-refractivity contribution >= 4 is 70.0 Å². The Kier molecular flexibility index (Phi) is 21.0. The SMILES string of the molecule is [B]CC(=O)N(CCNC(=O)CCCCCC1N=NC2=C1c1ccccc1CN(C(=O)CCC(=O)NCCCCCCOP(=O)(O)O[C@@H]1C[C@H]([B])O[C@@H]1COC)c1ccccc12)CC(=O)NC. The van der Waals surface area contributed by atoms with Crippen molar-refractivity contribution in [3.8, 4) is 0 Å². The van der Waals surface area contributed by atoms with Crippen LogP contribution in [0.15, 0.2) is 58.8 Å². The number of hydrogen-bond donors (Lipinski definition) is 4. The number of likely N-dealkylation sites (N-methyl/N-ethyl adjacent to an activating group) is 1. The molecule has 3 aliphatic rings. The molecular formula is C45H62B2N7O11P. The largest absolute Gasteiger partial charge is 0.472 e. The van der Waals surface area contributed by atoms with E-state index in [0.717, 1.165) is 41.5 Å². The van der Waals surface area contributed by atoms with E-state index >= 15 is 0 Å². The van der Waals surface area contributed by atoms with Crippen molar-refractivity contribution in [3.05, 3.63) is 65.2 Å². The Bertz CT molecular complexity index is 2100. The molecule has 1 fully saturated rings. The molecule has 4 radical (unpaired) electrons. The minimum Gasteiger partial charge on any atom is -0.382 e. The number of nitrogens with one attached hydrogen (secondary N) is 3. The number of para-hydroxylation sites is 1. The van der Waals surface area contributed by atoms with Crippen LogP contribution >= 0.6 is 7.82 Å². The fourth-order valence-electron chi connectivity index (χ4n) is 8.11. The van der Waals surface area contributed by atoms with Crippen LogP contribution < -0.4 is 20.9 Å². The van der Waals surface area contributed by atoms with Gasteiger partial charge in [0.1, 0.15) is 19.6 Å². The van der Waals surface area contributed by atoms with E-state index in [1.54, 1.807) is 4.90 Å². The lowest BCUT2D eigenvalue weighted by atomic mass is 9.87. The normalized spacial score (nSPS) is 19.5. The number of anilines is 1. The molecule has 0 bridgehead atoms. The average Bonchev–Trinajstić information content (AvgIpc) is 3.87. The van der Waals surface area contributed by atoms with Gasteiger partial charge < -0.3 is 40.1 Å². The number of phosphoric acid groups is 1. The lowest BCUT2D eigenvalue weighted by Crippen LogP contribution is -2.43. The molecular weight excluding hydrogens is 867 g/mol. The number of unbranched alkanes of at least 4 members (excludes halogenated alkanes) is 5. The molecule has 2 unspecified atom stereocenters. The summed E-state index contributed by atoms with van der Waals surface area (Å²) in [5, 5.41) is 17.6. The molecule has 354 valence electrons. The van der Waals surface area contributed by atoms with Crippen LogP contribution in [0.2, 0.25) is 6.32 Å². The maximum Gasteiger partial charge on any atom is 0.472 e. The Morgan fingerprint density at radius 2 is 1.62 bits per heavy atom. The topological polar surface area (TPSA) is 227 Å². The van der Waals surface area contributed by atoms with Gasteiger partial charge >= 0.3 is 7.82 Å². The number of rotatable bonds is 27. The number of carbonyl (C=O) groups is 5. The van der Waals surface area contributed by atoms with Crippen molar-refractivity contribution in [2.45, 2.75) is 114 Å². The maximum atomic E-state index is 14.0. The Morgan fingerprint density at radius 3 is 2.39 bits per heavy atom. The Morgan fingerprint density at radius 1 is 0.909 bits per heavy atom. The van der Waals surface area contributed by atoms with Crippen molar-refractivity contribution in [3.63, 3.8) is 0 Å². The smallest absolute Gasteiger partial charge is 0.382 e. The molecule has 0 saturated carbocycles. The summed E-state index contributed by atoms with van der Waals surface area (Å²) in [5.41, 5.74) is 5.10. The number of fused-ring (bicyclic) bond motifs is 4. The highest BCUT2D eigenvalue weighted by molar-refractivity contribution is 7.47. The third-order valence-corrected chi connectivity index (χ3v) is 12.6. The van der Waals surface area contributed by atoms with Gasteiger partial charge in [0.15, 0.2) is 0 Å².